The fourth-order valence-electron chi connectivity index (χ4n) is 2.77. The summed E-state index contributed by atoms with van der Waals surface area (Å²) < 4.78 is 5.81. The van der Waals surface area contributed by atoms with Crippen molar-refractivity contribution in [1.29, 1.82) is 0 Å². The highest BCUT2D eigenvalue weighted by molar-refractivity contribution is 7.99. The molecule has 1 fully saturated rings. The van der Waals surface area contributed by atoms with E-state index < -0.39 is 0 Å². The summed E-state index contributed by atoms with van der Waals surface area (Å²) in [6.07, 6.45) is 4.56. The SMILES string of the molecule is O=C(Nc1cccc2ncccc12)c1ccc(OC2CCSC2)nc1. The van der Waals surface area contributed by atoms with Crippen molar-refractivity contribution in [1.82, 2.24) is 9.97 Å². The lowest BCUT2D eigenvalue weighted by Gasteiger charge is -2.12. The first-order valence-electron chi connectivity index (χ1n) is 8.15. The average Bonchev–Trinajstić information content (AvgIpc) is 3.16. The Morgan fingerprint density at radius 1 is 1.16 bits per heavy atom. The van der Waals surface area contributed by atoms with Crippen molar-refractivity contribution >= 4 is 34.3 Å². The minimum absolute atomic E-state index is 0.202. The van der Waals surface area contributed by atoms with Crippen molar-refractivity contribution < 1.29 is 9.53 Å². The second-order valence-electron chi connectivity index (χ2n) is 5.82. The van der Waals surface area contributed by atoms with Gasteiger partial charge in [0, 0.05) is 29.6 Å². The number of fused-ring (bicyclic) bond motifs is 1. The van der Waals surface area contributed by atoms with Crippen molar-refractivity contribution in [3.8, 4) is 5.88 Å². The molecule has 1 unspecified atom stereocenters. The summed E-state index contributed by atoms with van der Waals surface area (Å²) >= 11 is 1.89. The molecule has 1 N–H and O–H groups in total. The molecule has 2 aromatic heterocycles. The fourth-order valence-corrected chi connectivity index (χ4v) is 3.86. The van der Waals surface area contributed by atoms with Gasteiger partial charge in [-0.05, 0) is 42.5 Å². The van der Waals surface area contributed by atoms with Crippen LogP contribution >= 0.6 is 11.8 Å². The number of nitrogens with one attached hydrogen (secondary N) is 1. The van der Waals surface area contributed by atoms with Crippen LogP contribution in [-0.2, 0) is 0 Å². The number of aromatic nitrogens is 2. The van der Waals surface area contributed by atoms with Crippen LogP contribution in [0.15, 0.2) is 54.9 Å². The maximum atomic E-state index is 12.5. The lowest BCUT2D eigenvalue weighted by molar-refractivity contribution is 0.102. The molecular weight excluding hydrogens is 334 g/mol. The molecule has 1 aromatic carbocycles. The summed E-state index contributed by atoms with van der Waals surface area (Å²) in [5.74, 6) is 2.50. The zero-order chi connectivity index (χ0) is 17.1. The van der Waals surface area contributed by atoms with Gasteiger partial charge in [0.1, 0.15) is 6.10 Å². The minimum Gasteiger partial charge on any atom is -0.473 e. The quantitative estimate of drug-likeness (QED) is 0.775. The zero-order valence-corrected chi connectivity index (χ0v) is 14.3. The number of hydrogen-bond acceptors (Lipinski definition) is 5. The third kappa shape index (κ3) is 3.58. The molecule has 1 aliphatic rings. The molecule has 4 rings (SSSR count). The van der Waals surface area contributed by atoms with E-state index in [0.717, 1.165) is 34.5 Å². The predicted molar refractivity (Wildman–Crippen MR) is 100 cm³/mol. The van der Waals surface area contributed by atoms with Crippen molar-refractivity contribution in [2.45, 2.75) is 12.5 Å². The highest BCUT2D eigenvalue weighted by Crippen LogP contribution is 2.23. The maximum absolute atomic E-state index is 12.5. The average molecular weight is 351 g/mol. The number of thioether (sulfide) groups is 1. The van der Waals surface area contributed by atoms with E-state index in [4.69, 9.17) is 4.74 Å². The summed E-state index contributed by atoms with van der Waals surface area (Å²) in [7, 11) is 0. The van der Waals surface area contributed by atoms with Gasteiger partial charge in [-0.2, -0.15) is 11.8 Å². The number of hydrogen-bond donors (Lipinski definition) is 1. The summed E-state index contributed by atoms with van der Waals surface area (Å²) in [4.78, 5) is 21.1. The molecule has 1 atom stereocenters. The number of pyridine rings is 2. The Morgan fingerprint density at radius 2 is 2.12 bits per heavy atom. The van der Waals surface area contributed by atoms with Crippen LogP contribution in [0.3, 0.4) is 0 Å². The van der Waals surface area contributed by atoms with Crippen molar-refractivity contribution in [2.24, 2.45) is 0 Å². The molecule has 3 heterocycles. The normalized spacial score (nSPS) is 16.7. The van der Waals surface area contributed by atoms with Crippen LogP contribution in [0.1, 0.15) is 16.8 Å². The molecule has 5 nitrogen and oxygen atoms in total. The lowest BCUT2D eigenvalue weighted by Crippen LogP contribution is -2.16. The van der Waals surface area contributed by atoms with E-state index in [1.807, 2.05) is 42.1 Å². The highest BCUT2D eigenvalue weighted by atomic mass is 32.2. The molecule has 0 spiro atoms. The van der Waals surface area contributed by atoms with Gasteiger partial charge in [0.25, 0.3) is 5.91 Å². The van der Waals surface area contributed by atoms with Crippen molar-refractivity contribution in [3.05, 3.63) is 60.4 Å². The molecule has 0 aliphatic carbocycles. The molecule has 1 amide bonds. The third-order valence-electron chi connectivity index (χ3n) is 4.07. The molecular formula is C19H17N3O2S. The van der Waals surface area contributed by atoms with Gasteiger partial charge in [0.05, 0.1) is 16.8 Å². The van der Waals surface area contributed by atoms with E-state index in [1.165, 1.54) is 0 Å². The first-order valence-corrected chi connectivity index (χ1v) is 9.30. The minimum atomic E-state index is -0.202. The number of ether oxygens (including phenoxy) is 1. The van der Waals surface area contributed by atoms with Gasteiger partial charge in [-0.15, -0.1) is 0 Å². The molecule has 126 valence electrons. The van der Waals surface area contributed by atoms with E-state index in [1.54, 1.807) is 24.5 Å². The van der Waals surface area contributed by atoms with Crippen LogP contribution in [-0.4, -0.2) is 33.5 Å². The second-order valence-corrected chi connectivity index (χ2v) is 6.97. The van der Waals surface area contributed by atoms with E-state index in [2.05, 4.69) is 15.3 Å². The van der Waals surface area contributed by atoms with Crippen molar-refractivity contribution in [3.63, 3.8) is 0 Å². The third-order valence-corrected chi connectivity index (χ3v) is 5.20. The maximum Gasteiger partial charge on any atom is 0.257 e. The lowest BCUT2D eigenvalue weighted by atomic mass is 10.1. The number of carbonyl (C=O) groups is 1. The number of nitrogens with zero attached hydrogens (tertiary/aromatic N) is 2. The van der Waals surface area contributed by atoms with Crippen LogP contribution in [0.25, 0.3) is 10.9 Å². The Kier molecular flexibility index (Phi) is 4.52. The van der Waals surface area contributed by atoms with Gasteiger partial charge in [-0.1, -0.05) is 6.07 Å². The number of carbonyl (C=O) groups excluding carboxylic acids is 1. The second kappa shape index (κ2) is 7.11. The van der Waals surface area contributed by atoms with Gasteiger partial charge in [0.2, 0.25) is 5.88 Å². The molecule has 1 saturated heterocycles. The standard InChI is InChI=1S/C19H17N3O2S/c23-19(22-17-5-1-4-16-15(17)3-2-9-20-16)13-6-7-18(21-11-13)24-14-8-10-25-12-14/h1-7,9,11,14H,8,10,12H2,(H,22,23). The van der Waals surface area contributed by atoms with E-state index in [-0.39, 0.29) is 12.0 Å². The summed E-state index contributed by atoms with van der Waals surface area (Å²) in [5.41, 5.74) is 2.07. The smallest absolute Gasteiger partial charge is 0.257 e. The number of anilines is 1. The van der Waals surface area contributed by atoms with Gasteiger partial charge >= 0.3 is 0 Å². The molecule has 3 aromatic rings. The van der Waals surface area contributed by atoms with E-state index in [9.17, 15) is 4.79 Å². The monoisotopic (exact) mass is 351 g/mol. The summed E-state index contributed by atoms with van der Waals surface area (Å²) in [6, 6.07) is 12.9. The molecule has 1 aliphatic heterocycles. The van der Waals surface area contributed by atoms with Gasteiger partial charge in [-0.3, -0.25) is 9.78 Å². The van der Waals surface area contributed by atoms with E-state index >= 15 is 0 Å². The molecule has 0 saturated carbocycles. The first kappa shape index (κ1) is 15.9. The predicted octanol–water partition coefficient (Wildman–Crippen LogP) is 3.77. The van der Waals surface area contributed by atoms with Gasteiger partial charge < -0.3 is 10.1 Å². The summed E-state index contributed by atoms with van der Waals surface area (Å²) in [6.45, 7) is 0. The Balaban J connectivity index is 1.48. The van der Waals surface area contributed by atoms with Crippen LogP contribution in [0, 0.1) is 0 Å². The number of amides is 1. The molecule has 0 radical (unpaired) electrons. The molecule has 25 heavy (non-hydrogen) atoms. The Bertz CT molecular complexity index is 887. The van der Waals surface area contributed by atoms with Crippen LogP contribution in [0.5, 0.6) is 5.88 Å². The van der Waals surface area contributed by atoms with Gasteiger partial charge in [-0.25, -0.2) is 4.98 Å². The fraction of sp³-hybridized carbons (Fsp3) is 0.211. The first-order chi connectivity index (χ1) is 12.3. The van der Waals surface area contributed by atoms with Crippen LogP contribution in [0.4, 0.5) is 5.69 Å². The Morgan fingerprint density at radius 3 is 2.92 bits per heavy atom. The molecule has 6 heteroatoms. The highest BCUT2D eigenvalue weighted by Gasteiger charge is 2.17. The largest absolute Gasteiger partial charge is 0.473 e. The number of rotatable bonds is 4. The van der Waals surface area contributed by atoms with Crippen molar-refractivity contribution in [2.75, 3.05) is 16.8 Å². The van der Waals surface area contributed by atoms with Crippen LogP contribution in [0.2, 0.25) is 0 Å². The van der Waals surface area contributed by atoms with E-state index in [0.29, 0.717) is 11.4 Å². The number of benzene rings is 1. The van der Waals surface area contributed by atoms with Gasteiger partial charge in [0.15, 0.2) is 0 Å². The Hall–Kier alpha value is -2.60. The Labute approximate surface area is 149 Å². The molecule has 0 bridgehead atoms. The van der Waals surface area contributed by atoms with Crippen LogP contribution < -0.4 is 10.1 Å². The zero-order valence-electron chi connectivity index (χ0n) is 13.5. The topological polar surface area (TPSA) is 64.1 Å². The summed E-state index contributed by atoms with van der Waals surface area (Å²) in [5, 5.41) is 3.84.